The normalized spacial score (nSPS) is 10.2. The Balaban J connectivity index is 0.000000612. The summed E-state index contributed by atoms with van der Waals surface area (Å²) in [6.45, 7) is 1.97. The lowest BCUT2D eigenvalue weighted by Crippen LogP contribution is -2.03. The van der Waals surface area contributed by atoms with Gasteiger partial charge in [0, 0.05) is 0 Å². The highest BCUT2D eigenvalue weighted by Gasteiger charge is 2.29. The minimum Gasteiger partial charge on any atom is -0.186 e. The van der Waals surface area contributed by atoms with E-state index in [2.05, 4.69) is 0 Å². The molecule has 2 aromatic rings. The molecule has 0 aromatic heterocycles. The van der Waals surface area contributed by atoms with Gasteiger partial charge >= 0.3 is 12.3 Å². The van der Waals surface area contributed by atoms with E-state index in [1.165, 1.54) is 12.1 Å². The maximum Gasteiger partial charge on any atom is 0.416 e. The van der Waals surface area contributed by atoms with Gasteiger partial charge in [0.25, 0.3) is 0 Å². The van der Waals surface area contributed by atoms with Crippen LogP contribution in [0.25, 0.3) is 11.1 Å². The van der Waals surface area contributed by atoms with Crippen LogP contribution in [0.5, 0.6) is 0 Å². The predicted octanol–water partition coefficient (Wildman–Crippen LogP) is 4.10. The van der Waals surface area contributed by atoms with Crippen LogP contribution in [-0.2, 0) is 15.8 Å². The number of hydrogen-bond acceptors (Lipinski definition) is 2. The van der Waals surface area contributed by atoms with E-state index in [-0.39, 0.29) is 6.15 Å². The third-order valence-electron chi connectivity index (χ3n) is 2.60. The van der Waals surface area contributed by atoms with E-state index in [1.54, 1.807) is 0 Å². The third-order valence-corrected chi connectivity index (χ3v) is 2.60. The van der Waals surface area contributed by atoms with E-state index in [1.807, 2.05) is 31.2 Å². The molecule has 0 aliphatic heterocycles. The molecule has 0 N–H and O–H groups in total. The summed E-state index contributed by atoms with van der Waals surface area (Å²) in [6.07, 6.45) is -4.02. The van der Waals surface area contributed by atoms with Gasteiger partial charge in [-0.3, -0.25) is 0 Å². The molecule has 0 amide bonds. The van der Waals surface area contributed by atoms with E-state index < -0.39 is 11.7 Å². The second-order valence-electron chi connectivity index (χ2n) is 4.02. The standard InChI is InChI=1S/C14H11F3.CO2/c1-10-2-4-11(5-3-10)12-6-8-13(9-7-12)14(15,16)17;2-1-3/h2-9H,1H3;. The second kappa shape index (κ2) is 6.68. The number of aryl methyl sites for hydroxylation is 1. The Morgan fingerprint density at radius 1 is 0.800 bits per heavy atom. The molecule has 2 rings (SSSR count). The van der Waals surface area contributed by atoms with E-state index in [0.29, 0.717) is 0 Å². The van der Waals surface area contributed by atoms with E-state index >= 15 is 0 Å². The van der Waals surface area contributed by atoms with Crippen LogP contribution in [0.4, 0.5) is 13.2 Å². The van der Waals surface area contributed by atoms with Crippen molar-refractivity contribution in [2.45, 2.75) is 13.1 Å². The highest BCUT2D eigenvalue weighted by molar-refractivity contribution is 5.64. The zero-order valence-electron chi connectivity index (χ0n) is 10.6. The largest absolute Gasteiger partial charge is 0.416 e. The highest BCUT2D eigenvalue weighted by Crippen LogP contribution is 2.30. The van der Waals surface area contributed by atoms with Crippen LogP contribution in [0, 0.1) is 6.92 Å². The first-order valence-electron chi connectivity index (χ1n) is 5.62. The molecule has 20 heavy (non-hydrogen) atoms. The van der Waals surface area contributed by atoms with Gasteiger partial charge in [-0.1, -0.05) is 42.0 Å². The lowest BCUT2D eigenvalue weighted by Gasteiger charge is -2.07. The summed E-state index contributed by atoms with van der Waals surface area (Å²) in [7, 11) is 0. The molecule has 0 bridgehead atoms. The van der Waals surface area contributed by atoms with Gasteiger partial charge in [-0.15, -0.1) is 0 Å². The quantitative estimate of drug-likeness (QED) is 0.788. The SMILES string of the molecule is Cc1ccc(-c2ccc(C(F)(F)F)cc2)cc1.O=C=O. The molecular formula is C15H11F3O2. The Morgan fingerprint density at radius 3 is 1.50 bits per heavy atom. The van der Waals surface area contributed by atoms with Crippen molar-refractivity contribution in [2.75, 3.05) is 0 Å². The number of halogens is 3. The summed E-state index contributed by atoms with van der Waals surface area (Å²) < 4.78 is 37.1. The molecule has 2 aromatic carbocycles. The van der Waals surface area contributed by atoms with Crippen molar-refractivity contribution in [1.29, 1.82) is 0 Å². The van der Waals surface area contributed by atoms with Crippen LogP contribution in [0.1, 0.15) is 11.1 Å². The smallest absolute Gasteiger partial charge is 0.186 e. The lowest BCUT2D eigenvalue weighted by molar-refractivity contribution is -0.191. The van der Waals surface area contributed by atoms with Gasteiger partial charge in [-0.25, -0.2) is 0 Å². The number of benzene rings is 2. The van der Waals surface area contributed by atoms with Crippen molar-refractivity contribution >= 4 is 6.15 Å². The molecule has 0 saturated heterocycles. The predicted molar refractivity (Wildman–Crippen MR) is 66.6 cm³/mol. The molecule has 0 heterocycles. The van der Waals surface area contributed by atoms with Crippen molar-refractivity contribution < 1.29 is 22.8 Å². The van der Waals surface area contributed by atoms with Gasteiger partial charge in [0.05, 0.1) is 5.56 Å². The summed E-state index contributed by atoms with van der Waals surface area (Å²) in [5.41, 5.74) is 2.22. The molecule has 104 valence electrons. The molecule has 2 nitrogen and oxygen atoms in total. The van der Waals surface area contributed by atoms with Gasteiger partial charge in [0.15, 0.2) is 0 Å². The van der Waals surface area contributed by atoms with Crippen molar-refractivity contribution in [2.24, 2.45) is 0 Å². The fourth-order valence-corrected chi connectivity index (χ4v) is 1.60. The highest BCUT2D eigenvalue weighted by atomic mass is 19.4. The van der Waals surface area contributed by atoms with Crippen LogP contribution in [0.15, 0.2) is 48.5 Å². The van der Waals surface area contributed by atoms with Crippen molar-refractivity contribution in [3.05, 3.63) is 59.7 Å². The summed E-state index contributed by atoms with van der Waals surface area (Å²) in [5.74, 6) is 0. The van der Waals surface area contributed by atoms with Crippen LogP contribution >= 0.6 is 0 Å². The fraction of sp³-hybridized carbons (Fsp3) is 0.133. The molecule has 0 unspecified atom stereocenters. The van der Waals surface area contributed by atoms with Gasteiger partial charge in [0.1, 0.15) is 0 Å². The Labute approximate surface area is 113 Å². The average molecular weight is 280 g/mol. The van der Waals surface area contributed by atoms with Crippen LogP contribution in [0.2, 0.25) is 0 Å². The third kappa shape index (κ3) is 4.37. The molecule has 5 heteroatoms. The molecule has 0 atom stereocenters. The first-order chi connectivity index (χ1) is 9.38. The van der Waals surface area contributed by atoms with E-state index in [0.717, 1.165) is 28.8 Å². The van der Waals surface area contributed by atoms with Crippen LogP contribution in [0.3, 0.4) is 0 Å². The Morgan fingerprint density at radius 2 is 1.15 bits per heavy atom. The summed E-state index contributed by atoms with van der Waals surface area (Å²) in [6, 6.07) is 12.9. The molecule has 0 saturated carbocycles. The molecule has 0 aliphatic carbocycles. The first-order valence-corrected chi connectivity index (χ1v) is 5.62. The molecule has 0 radical (unpaired) electrons. The Hall–Kier alpha value is -2.39. The van der Waals surface area contributed by atoms with Crippen LogP contribution < -0.4 is 0 Å². The number of hydrogen-bond donors (Lipinski definition) is 0. The van der Waals surface area contributed by atoms with E-state index in [4.69, 9.17) is 9.59 Å². The molecular weight excluding hydrogens is 269 g/mol. The zero-order chi connectivity index (χ0) is 15.2. The van der Waals surface area contributed by atoms with Gasteiger partial charge in [-0.05, 0) is 30.2 Å². The zero-order valence-corrected chi connectivity index (χ0v) is 10.6. The molecule has 0 aliphatic rings. The Kier molecular flexibility index (Phi) is 5.23. The summed E-state index contributed by atoms with van der Waals surface area (Å²) in [4.78, 5) is 16.2. The molecule has 0 fully saturated rings. The second-order valence-corrected chi connectivity index (χ2v) is 4.02. The minimum atomic E-state index is -4.27. The fourth-order valence-electron chi connectivity index (χ4n) is 1.60. The van der Waals surface area contributed by atoms with Crippen molar-refractivity contribution in [1.82, 2.24) is 0 Å². The summed E-state index contributed by atoms with van der Waals surface area (Å²) >= 11 is 0. The number of carbonyl (C=O) groups excluding carboxylic acids is 2. The number of rotatable bonds is 1. The Bertz CT molecular complexity index is 578. The topological polar surface area (TPSA) is 34.1 Å². The van der Waals surface area contributed by atoms with Crippen LogP contribution in [-0.4, -0.2) is 6.15 Å². The summed E-state index contributed by atoms with van der Waals surface area (Å²) in [5, 5.41) is 0. The first kappa shape index (κ1) is 15.7. The monoisotopic (exact) mass is 280 g/mol. The van der Waals surface area contributed by atoms with Crippen molar-refractivity contribution in [3.8, 4) is 11.1 Å². The van der Waals surface area contributed by atoms with Crippen molar-refractivity contribution in [3.63, 3.8) is 0 Å². The molecule has 0 spiro atoms. The maximum atomic E-state index is 12.4. The van der Waals surface area contributed by atoms with E-state index in [9.17, 15) is 13.2 Å². The lowest BCUT2D eigenvalue weighted by atomic mass is 10.0. The maximum absolute atomic E-state index is 12.4. The minimum absolute atomic E-state index is 0.250. The average Bonchev–Trinajstić information content (AvgIpc) is 2.40. The van der Waals surface area contributed by atoms with Gasteiger partial charge in [-0.2, -0.15) is 22.8 Å². The van der Waals surface area contributed by atoms with Gasteiger partial charge < -0.3 is 0 Å². The number of alkyl halides is 3. The van der Waals surface area contributed by atoms with Gasteiger partial charge in [0.2, 0.25) is 0 Å².